The maximum absolute atomic E-state index is 6.98. The van der Waals surface area contributed by atoms with E-state index in [0.717, 1.165) is 0 Å². The minimum absolute atomic E-state index is 0.169. The third-order valence-electron chi connectivity index (χ3n) is 8.05. The molecule has 0 aliphatic carbocycles. The lowest BCUT2D eigenvalue weighted by molar-refractivity contribution is 0.732. The molecule has 0 spiro atoms. The van der Waals surface area contributed by atoms with E-state index >= 15 is 0 Å². The van der Waals surface area contributed by atoms with Crippen LogP contribution in [0.5, 0.6) is 0 Å². The highest BCUT2D eigenvalue weighted by Crippen LogP contribution is 2.70. The number of nitrogens with zero attached hydrogens (tertiary/aromatic N) is 3. The molecule has 3 aromatic heterocycles. The Kier molecular flexibility index (Phi) is 3.17. The largest absolute Gasteiger partial charge is 0.282 e. The molecule has 3 aliphatic heterocycles. The van der Waals surface area contributed by atoms with Crippen LogP contribution < -0.4 is 0 Å². The lowest BCUT2D eigenvalue weighted by atomic mass is 9.89. The number of aromatic nitrogens is 3. The van der Waals surface area contributed by atoms with Gasteiger partial charge in [-0.05, 0) is 67.5 Å². The molecule has 0 saturated heterocycles. The summed E-state index contributed by atoms with van der Waals surface area (Å²) in [4.78, 5) is 0. The Bertz CT molecular complexity index is 1680. The summed E-state index contributed by atoms with van der Waals surface area (Å²) in [6.45, 7) is 4.39. The molecule has 3 nitrogen and oxygen atoms in total. The lowest BCUT2D eigenvalue weighted by Gasteiger charge is -2.46. The van der Waals surface area contributed by atoms with Gasteiger partial charge in [-0.1, -0.05) is 54.6 Å². The van der Waals surface area contributed by atoms with Crippen molar-refractivity contribution in [3.05, 3.63) is 107 Å². The molecule has 0 saturated carbocycles. The molecular weight excluding hydrogens is 441 g/mol. The van der Waals surface area contributed by atoms with Gasteiger partial charge in [0.05, 0.1) is 22.5 Å². The molecule has 5 heteroatoms. The van der Waals surface area contributed by atoms with E-state index in [-0.39, 0.29) is 5.92 Å². The monoisotopic (exact) mass is 463 g/mol. The Hall–Kier alpha value is -3.07. The van der Waals surface area contributed by atoms with Crippen LogP contribution >= 0.6 is 6.49 Å². The van der Waals surface area contributed by atoms with Crippen LogP contribution in [0.1, 0.15) is 39.7 Å². The summed E-state index contributed by atoms with van der Waals surface area (Å²) in [6, 6.07) is 26.5. The third-order valence-corrected chi connectivity index (χ3v) is 12.4. The molecule has 0 unspecified atom stereocenters. The molecule has 33 heavy (non-hydrogen) atoms. The van der Waals surface area contributed by atoms with Crippen molar-refractivity contribution in [1.82, 2.24) is 13.0 Å². The molecule has 0 radical (unpaired) electrons. The smallest absolute Gasteiger partial charge is 0.232 e. The standard InChI is InChI=1S/C28H22N3PS/c1-16-19-10-4-7-13-22(19)29-26(16)25-27-17(2)20-11-5-8-14-23(20)30(27)32(29,33)31-24-15-9-6-12-21(24)18(3)28(25)31/h4-15,25H,1-3H3. The number of fused-ring (bicyclic) bond motifs is 3. The summed E-state index contributed by atoms with van der Waals surface area (Å²) in [7, 11) is 0. The van der Waals surface area contributed by atoms with Crippen LogP contribution in [-0.2, 0) is 11.8 Å². The molecule has 160 valence electrons. The molecular formula is C28H22N3PS. The van der Waals surface area contributed by atoms with Crippen molar-refractivity contribution in [2.45, 2.75) is 26.7 Å². The van der Waals surface area contributed by atoms with E-state index in [0.29, 0.717) is 0 Å². The molecule has 3 aromatic carbocycles. The summed E-state index contributed by atoms with van der Waals surface area (Å²) >= 11 is 6.98. The van der Waals surface area contributed by atoms with Gasteiger partial charge in [-0.25, -0.2) is 0 Å². The van der Waals surface area contributed by atoms with Gasteiger partial charge < -0.3 is 0 Å². The predicted octanol–water partition coefficient (Wildman–Crippen LogP) is 7.45. The summed E-state index contributed by atoms with van der Waals surface area (Å²) in [5, 5.41) is 3.98. The van der Waals surface area contributed by atoms with E-state index in [9.17, 15) is 0 Å². The van der Waals surface area contributed by atoms with Crippen LogP contribution in [0, 0.1) is 20.8 Å². The molecule has 6 heterocycles. The molecule has 9 rings (SSSR count). The first-order chi connectivity index (χ1) is 16.0. The van der Waals surface area contributed by atoms with Crippen molar-refractivity contribution in [2.75, 3.05) is 0 Å². The highest BCUT2D eigenvalue weighted by molar-refractivity contribution is 8.12. The molecule has 0 atom stereocenters. The summed E-state index contributed by atoms with van der Waals surface area (Å²) in [5.74, 6) is 0.169. The molecule has 0 fully saturated rings. The Balaban J connectivity index is 1.70. The minimum Gasteiger partial charge on any atom is -0.282 e. The van der Waals surface area contributed by atoms with Gasteiger partial charge >= 0.3 is 0 Å². The van der Waals surface area contributed by atoms with Crippen molar-refractivity contribution in [1.29, 1.82) is 0 Å². The van der Waals surface area contributed by atoms with E-state index in [1.165, 1.54) is 66.5 Å². The van der Waals surface area contributed by atoms with Crippen LogP contribution in [0.3, 0.4) is 0 Å². The third kappa shape index (κ3) is 1.80. The second-order valence-corrected chi connectivity index (χ2v) is 13.2. The number of hydrogen-bond donors (Lipinski definition) is 0. The average Bonchev–Trinajstić information content (AvgIpc) is 3.44. The van der Waals surface area contributed by atoms with E-state index in [4.69, 9.17) is 11.8 Å². The number of benzene rings is 3. The molecule has 0 amide bonds. The Morgan fingerprint density at radius 2 is 0.848 bits per heavy atom. The summed E-state index contributed by atoms with van der Waals surface area (Å²) in [5.41, 5.74) is 12.1. The topological polar surface area (TPSA) is 14.8 Å². The molecule has 6 aromatic rings. The van der Waals surface area contributed by atoms with Gasteiger partial charge in [0.1, 0.15) is 0 Å². The zero-order valence-corrected chi connectivity index (χ0v) is 20.4. The van der Waals surface area contributed by atoms with Crippen molar-refractivity contribution < 1.29 is 0 Å². The van der Waals surface area contributed by atoms with Gasteiger partial charge in [0.25, 0.3) is 0 Å². The van der Waals surface area contributed by atoms with Gasteiger partial charge in [-0.2, -0.15) is 0 Å². The summed E-state index contributed by atoms with van der Waals surface area (Å²) < 4.78 is 7.69. The maximum atomic E-state index is 6.98. The van der Waals surface area contributed by atoms with E-state index in [2.05, 4.69) is 107 Å². The summed E-state index contributed by atoms with van der Waals surface area (Å²) in [6.07, 6.45) is 0. The lowest BCUT2D eigenvalue weighted by Crippen LogP contribution is -2.33. The SMILES string of the molecule is Cc1c2n(c3ccccc13)P1(=S)n3c(c(C)c4ccccc43)C2c2c(C)c3ccccc3n21. The second kappa shape index (κ2) is 5.70. The fourth-order valence-electron chi connectivity index (χ4n) is 6.72. The highest BCUT2D eigenvalue weighted by atomic mass is 32.4. The fraction of sp³-hybridized carbons (Fsp3) is 0.143. The van der Waals surface area contributed by atoms with Crippen molar-refractivity contribution >= 4 is 51.0 Å². The van der Waals surface area contributed by atoms with Crippen molar-refractivity contribution in [3.63, 3.8) is 0 Å². The second-order valence-electron chi connectivity index (χ2n) is 9.46. The first-order valence-corrected chi connectivity index (χ1v) is 14.1. The van der Waals surface area contributed by atoms with Crippen LogP contribution in [0.15, 0.2) is 72.8 Å². The first kappa shape index (κ1) is 18.4. The Morgan fingerprint density at radius 3 is 1.18 bits per heavy atom. The quantitative estimate of drug-likeness (QED) is 0.213. The zero-order chi connectivity index (χ0) is 22.2. The average molecular weight is 464 g/mol. The maximum Gasteiger partial charge on any atom is 0.232 e. The predicted molar refractivity (Wildman–Crippen MR) is 141 cm³/mol. The number of para-hydroxylation sites is 3. The van der Waals surface area contributed by atoms with Crippen molar-refractivity contribution in [2.24, 2.45) is 0 Å². The van der Waals surface area contributed by atoms with E-state index < -0.39 is 6.49 Å². The van der Waals surface area contributed by atoms with Crippen molar-refractivity contribution in [3.8, 4) is 0 Å². The van der Waals surface area contributed by atoms with Gasteiger partial charge in [-0.15, -0.1) is 0 Å². The first-order valence-electron chi connectivity index (χ1n) is 11.5. The van der Waals surface area contributed by atoms with Crippen LogP contribution in [0.25, 0.3) is 32.7 Å². The molecule has 3 aliphatic rings. The van der Waals surface area contributed by atoms with Gasteiger partial charge in [0.15, 0.2) is 0 Å². The van der Waals surface area contributed by atoms with Crippen LogP contribution in [0.2, 0.25) is 0 Å². The fourth-order valence-corrected chi connectivity index (χ4v) is 11.8. The normalized spacial score (nSPS) is 20.5. The number of rotatable bonds is 0. The number of aryl methyl sites for hydroxylation is 3. The van der Waals surface area contributed by atoms with Gasteiger partial charge in [0, 0.05) is 33.2 Å². The van der Waals surface area contributed by atoms with Gasteiger partial charge in [-0.3, -0.25) is 13.0 Å². The minimum atomic E-state index is -2.49. The number of hydrogen-bond acceptors (Lipinski definition) is 1. The van der Waals surface area contributed by atoms with Gasteiger partial charge in [0.2, 0.25) is 6.49 Å². The Labute approximate surface area is 197 Å². The van der Waals surface area contributed by atoms with E-state index in [1.807, 2.05) is 0 Å². The van der Waals surface area contributed by atoms with E-state index in [1.54, 1.807) is 0 Å². The molecule has 0 N–H and O–H groups in total. The highest BCUT2D eigenvalue weighted by Gasteiger charge is 2.51. The molecule has 2 bridgehead atoms. The Morgan fingerprint density at radius 1 is 0.545 bits per heavy atom. The van der Waals surface area contributed by atoms with Crippen LogP contribution in [0.4, 0.5) is 0 Å². The van der Waals surface area contributed by atoms with Crippen LogP contribution in [-0.4, -0.2) is 13.0 Å². The zero-order valence-electron chi connectivity index (χ0n) is 18.7.